The zero-order valence-electron chi connectivity index (χ0n) is 18.0. The van der Waals surface area contributed by atoms with Crippen LogP contribution in [-0.4, -0.2) is 54.3 Å². The fraction of sp³-hybridized carbons (Fsp3) is 0.400. The monoisotopic (exact) mass is 459 g/mol. The third-order valence-corrected chi connectivity index (χ3v) is 6.62. The second-order valence-electron chi connectivity index (χ2n) is 8.41. The van der Waals surface area contributed by atoms with Gasteiger partial charge in [-0.1, -0.05) is 43.3 Å². The molecule has 1 fully saturated rings. The Labute approximate surface area is 197 Å². The van der Waals surface area contributed by atoms with Crippen molar-refractivity contribution in [1.82, 2.24) is 9.88 Å². The summed E-state index contributed by atoms with van der Waals surface area (Å²) in [4.78, 5) is 10.1. The number of hydrogen-bond donors (Lipinski definition) is 1. The molecule has 1 aliphatic carbocycles. The summed E-state index contributed by atoms with van der Waals surface area (Å²) in [5.41, 5.74) is 4.98. The first-order valence-electron chi connectivity index (χ1n) is 10.8. The Kier molecular flexibility index (Phi) is 7.82. The second-order valence-corrected chi connectivity index (χ2v) is 8.41. The lowest BCUT2D eigenvalue weighted by Crippen LogP contribution is -2.46. The van der Waals surface area contributed by atoms with Gasteiger partial charge in [-0.2, -0.15) is 0 Å². The number of aliphatic hydroxyl groups excluding tert-OH is 1. The predicted molar refractivity (Wildman–Crippen MR) is 134 cm³/mol. The van der Waals surface area contributed by atoms with E-state index in [0.717, 1.165) is 57.1 Å². The first-order valence-corrected chi connectivity index (χ1v) is 10.8. The molecule has 2 heterocycles. The Balaban J connectivity index is 0.00000136. The predicted octanol–water partition coefficient (Wildman–Crippen LogP) is 4.59. The molecule has 1 atom stereocenters. The lowest BCUT2D eigenvalue weighted by Gasteiger charge is -2.35. The van der Waals surface area contributed by atoms with Gasteiger partial charge in [0.05, 0.1) is 5.69 Å². The van der Waals surface area contributed by atoms with Crippen LogP contribution < -0.4 is 4.90 Å². The van der Waals surface area contributed by atoms with Gasteiger partial charge in [0.25, 0.3) is 0 Å². The minimum absolute atomic E-state index is 0. The summed E-state index contributed by atoms with van der Waals surface area (Å²) in [7, 11) is 0. The van der Waals surface area contributed by atoms with Crippen molar-refractivity contribution in [1.29, 1.82) is 0 Å². The standard InChI is InChI=1S/C25H29N3O.2ClH/c1-2-27-9-11-28(12-10-27)25-23-6-4-3-5-20(23)16-24(26-25)21-8-7-19-13-18(17-29)14-22(19)15-21;;/h3-8,15-16,18,29H,2,9-14,17H2,1H3;2*1H. The quantitative estimate of drug-likeness (QED) is 0.618. The third-order valence-electron chi connectivity index (χ3n) is 6.62. The molecule has 166 valence electrons. The highest BCUT2D eigenvalue weighted by Gasteiger charge is 2.23. The molecule has 1 N–H and O–H groups in total. The van der Waals surface area contributed by atoms with Crippen LogP contribution in [0.3, 0.4) is 0 Å². The van der Waals surface area contributed by atoms with Gasteiger partial charge >= 0.3 is 0 Å². The smallest absolute Gasteiger partial charge is 0.137 e. The maximum Gasteiger partial charge on any atom is 0.137 e. The topological polar surface area (TPSA) is 39.6 Å². The molecule has 1 saturated heterocycles. The second kappa shape index (κ2) is 10.2. The molecule has 1 aromatic heterocycles. The van der Waals surface area contributed by atoms with Crippen molar-refractivity contribution >= 4 is 41.4 Å². The van der Waals surface area contributed by atoms with Gasteiger partial charge < -0.3 is 14.9 Å². The highest BCUT2D eigenvalue weighted by molar-refractivity contribution is 5.95. The molecule has 31 heavy (non-hydrogen) atoms. The van der Waals surface area contributed by atoms with Crippen molar-refractivity contribution in [2.75, 3.05) is 44.2 Å². The molecule has 4 nitrogen and oxygen atoms in total. The van der Waals surface area contributed by atoms with Crippen LogP contribution in [0, 0.1) is 5.92 Å². The maximum absolute atomic E-state index is 9.54. The van der Waals surface area contributed by atoms with Gasteiger partial charge in [0.1, 0.15) is 5.82 Å². The maximum atomic E-state index is 9.54. The average molecular weight is 460 g/mol. The number of aliphatic hydroxyl groups is 1. The van der Waals surface area contributed by atoms with Gasteiger partial charge in [-0.15, -0.1) is 24.8 Å². The fourth-order valence-electron chi connectivity index (χ4n) is 4.84. The van der Waals surface area contributed by atoms with Gasteiger partial charge in [-0.05, 0) is 54.0 Å². The van der Waals surface area contributed by atoms with Crippen molar-refractivity contribution < 1.29 is 5.11 Å². The average Bonchev–Trinajstić information content (AvgIpc) is 3.21. The lowest BCUT2D eigenvalue weighted by molar-refractivity contribution is 0.232. The molecule has 0 bridgehead atoms. The molecule has 0 radical (unpaired) electrons. The molecular weight excluding hydrogens is 429 g/mol. The van der Waals surface area contributed by atoms with Gasteiger partial charge in [0.15, 0.2) is 0 Å². The molecule has 1 unspecified atom stereocenters. The van der Waals surface area contributed by atoms with Crippen LogP contribution in [0.2, 0.25) is 0 Å². The van der Waals surface area contributed by atoms with Gasteiger partial charge in [-0.3, -0.25) is 0 Å². The van der Waals surface area contributed by atoms with Crippen molar-refractivity contribution in [2.24, 2.45) is 5.92 Å². The number of benzene rings is 2. The fourth-order valence-corrected chi connectivity index (χ4v) is 4.84. The summed E-state index contributed by atoms with van der Waals surface area (Å²) in [6.45, 7) is 7.86. The summed E-state index contributed by atoms with van der Waals surface area (Å²) in [5, 5.41) is 12.0. The Morgan fingerprint density at radius 3 is 2.42 bits per heavy atom. The molecule has 0 spiro atoms. The number of fused-ring (bicyclic) bond motifs is 2. The van der Waals surface area contributed by atoms with Crippen LogP contribution in [-0.2, 0) is 12.8 Å². The third kappa shape index (κ3) is 4.68. The normalized spacial score (nSPS) is 18.4. The first-order chi connectivity index (χ1) is 14.2. The van der Waals surface area contributed by atoms with Crippen LogP contribution >= 0.6 is 24.8 Å². The van der Waals surface area contributed by atoms with E-state index < -0.39 is 0 Å². The number of pyridine rings is 1. The Hall–Kier alpha value is -1.85. The van der Waals surface area contributed by atoms with E-state index in [9.17, 15) is 5.11 Å². The van der Waals surface area contributed by atoms with Gasteiger partial charge in [-0.25, -0.2) is 4.98 Å². The van der Waals surface area contributed by atoms with E-state index in [2.05, 4.69) is 65.3 Å². The Morgan fingerprint density at radius 1 is 0.935 bits per heavy atom. The molecular formula is C25H31Cl2N3O. The Morgan fingerprint density at radius 2 is 1.68 bits per heavy atom. The molecule has 5 rings (SSSR count). The molecule has 2 aromatic carbocycles. The van der Waals surface area contributed by atoms with Crippen molar-refractivity contribution in [3.63, 3.8) is 0 Å². The molecule has 2 aliphatic rings. The van der Waals surface area contributed by atoms with Crippen LogP contribution in [0.1, 0.15) is 18.1 Å². The van der Waals surface area contributed by atoms with Crippen LogP contribution in [0.25, 0.3) is 22.0 Å². The van der Waals surface area contributed by atoms with E-state index in [1.807, 2.05) is 0 Å². The molecule has 6 heteroatoms. The number of halogens is 2. The summed E-state index contributed by atoms with van der Waals surface area (Å²) in [6, 6.07) is 17.6. The summed E-state index contributed by atoms with van der Waals surface area (Å²) in [5.74, 6) is 1.48. The van der Waals surface area contributed by atoms with E-state index >= 15 is 0 Å². The minimum Gasteiger partial charge on any atom is -0.396 e. The number of piperazine rings is 1. The number of nitrogens with zero attached hydrogens (tertiary/aromatic N) is 3. The SMILES string of the molecule is CCN1CCN(c2nc(-c3ccc4c(c3)CC(CO)C4)cc3ccccc23)CC1.Cl.Cl. The van der Waals surface area contributed by atoms with Crippen molar-refractivity contribution in [2.45, 2.75) is 19.8 Å². The zero-order valence-corrected chi connectivity index (χ0v) is 19.6. The van der Waals surface area contributed by atoms with E-state index in [0.29, 0.717) is 5.92 Å². The molecule has 3 aromatic rings. The Bertz CT molecular complexity index is 1030. The summed E-state index contributed by atoms with van der Waals surface area (Å²) in [6.07, 6.45) is 1.96. The summed E-state index contributed by atoms with van der Waals surface area (Å²) >= 11 is 0. The van der Waals surface area contributed by atoms with Gasteiger partial charge in [0.2, 0.25) is 0 Å². The lowest BCUT2D eigenvalue weighted by atomic mass is 10.0. The van der Waals surface area contributed by atoms with Crippen molar-refractivity contribution in [3.05, 3.63) is 59.7 Å². The highest BCUT2D eigenvalue weighted by atomic mass is 35.5. The number of hydrogen-bond acceptors (Lipinski definition) is 4. The first kappa shape index (κ1) is 23.8. The van der Waals surface area contributed by atoms with E-state index in [-0.39, 0.29) is 31.4 Å². The zero-order chi connectivity index (χ0) is 19.8. The van der Waals surface area contributed by atoms with E-state index in [1.165, 1.54) is 27.5 Å². The highest BCUT2D eigenvalue weighted by Crippen LogP contribution is 2.34. The minimum atomic E-state index is 0. The number of aromatic nitrogens is 1. The molecule has 0 amide bonds. The van der Waals surface area contributed by atoms with Crippen molar-refractivity contribution in [3.8, 4) is 11.3 Å². The number of rotatable bonds is 4. The van der Waals surface area contributed by atoms with Gasteiger partial charge in [0, 0.05) is 43.7 Å². The number of anilines is 1. The largest absolute Gasteiger partial charge is 0.396 e. The van der Waals surface area contributed by atoms with Crippen LogP contribution in [0.15, 0.2) is 48.5 Å². The number of likely N-dealkylation sites (N-methyl/N-ethyl adjacent to an activating group) is 1. The summed E-state index contributed by atoms with van der Waals surface area (Å²) < 4.78 is 0. The van der Waals surface area contributed by atoms with Crippen LogP contribution in [0.5, 0.6) is 0 Å². The van der Waals surface area contributed by atoms with Crippen LogP contribution in [0.4, 0.5) is 5.82 Å². The van der Waals surface area contributed by atoms with E-state index in [1.54, 1.807) is 0 Å². The van der Waals surface area contributed by atoms with E-state index in [4.69, 9.17) is 4.98 Å². The molecule has 0 saturated carbocycles. The molecule has 1 aliphatic heterocycles.